The number of aryl methyl sites for hydroxylation is 2. The minimum absolute atomic E-state index is 0.0644. The monoisotopic (exact) mass is 392 g/mol. The first kappa shape index (κ1) is 23.1. The molecule has 0 amide bonds. The van der Waals surface area contributed by atoms with E-state index in [0.717, 1.165) is 25.7 Å². The van der Waals surface area contributed by atoms with Crippen molar-refractivity contribution >= 4 is 11.6 Å². The van der Waals surface area contributed by atoms with Crippen LogP contribution in [0.15, 0.2) is 48.5 Å². The third kappa shape index (κ3) is 8.35. The molecule has 0 unspecified atom stereocenters. The van der Waals surface area contributed by atoms with Crippen LogP contribution >= 0.6 is 0 Å². The number of benzene rings is 2. The van der Waals surface area contributed by atoms with E-state index in [4.69, 9.17) is 0 Å². The lowest BCUT2D eigenvalue weighted by molar-refractivity contribution is 0.0894. The molecule has 0 fully saturated rings. The van der Waals surface area contributed by atoms with Crippen molar-refractivity contribution in [2.75, 3.05) is 0 Å². The molecular weight excluding hydrogens is 356 g/mol. The lowest BCUT2D eigenvalue weighted by Crippen LogP contribution is -2.08. The average molecular weight is 393 g/mol. The molecule has 0 aliphatic heterocycles. The van der Waals surface area contributed by atoms with Gasteiger partial charge in [0.2, 0.25) is 0 Å². The Morgan fingerprint density at radius 2 is 0.966 bits per heavy atom. The molecule has 2 rings (SSSR count). The zero-order valence-electron chi connectivity index (χ0n) is 18.2. The summed E-state index contributed by atoms with van der Waals surface area (Å²) in [5.74, 6) is -0.204. The van der Waals surface area contributed by atoms with Crippen LogP contribution in [0.4, 0.5) is 0 Å². The fraction of sp³-hybridized carbons (Fsp3) is 0.481. The van der Waals surface area contributed by atoms with Crippen LogP contribution in [0.25, 0.3) is 0 Å². The standard InChI is InChI=1S/C27H36O2/c1-3-5-7-8-9-10-12-23-15-19-25(20-16-23)27(29)21-26(28)24-17-13-22(14-18-24)11-6-4-2/h13-20H,3-12,21H2,1-2H3. The topological polar surface area (TPSA) is 34.1 Å². The summed E-state index contributed by atoms with van der Waals surface area (Å²) in [4.78, 5) is 24.9. The van der Waals surface area contributed by atoms with Crippen LogP contribution in [-0.4, -0.2) is 11.6 Å². The zero-order valence-corrected chi connectivity index (χ0v) is 18.2. The third-order valence-corrected chi connectivity index (χ3v) is 5.51. The van der Waals surface area contributed by atoms with Gasteiger partial charge in [-0.2, -0.15) is 0 Å². The number of carbonyl (C=O) groups is 2. The van der Waals surface area contributed by atoms with Crippen molar-refractivity contribution < 1.29 is 9.59 Å². The predicted octanol–water partition coefficient (Wildman–Crippen LogP) is 7.39. The highest BCUT2D eigenvalue weighted by atomic mass is 16.1. The largest absolute Gasteiger partial charge is 0.294 e. The Hall–Kier alpha value is -2.22. The molecule has 0 radical (unpaired) electrons. The van der Waals surface area contributed by atoms with E-state index < -0.39 is 0 Å². The normalized spacial score (nSPS) is 10.8. The van der Waals surface area contributed by atoms with Gasteiger partial charge in [0.05, 0.1) is 6.42 Å². The summed E-state index contributed by atoms with van der Waals surface area (Å²) in [6.45, 7) is 4.41. The number of carbonyl (C=O) groups excluding carboxylic acids is 2. The van der Waals surface area contributed by atoms with E-state index in [0.29, 0.717) is 11.1 Å². The van der Waals surface area contributed by atoms with Crippen molar-refractivity contribution in [2.24, 2.45) is 0 Å². The van der Waals surface area contributed by atoms with E-state index >= 15 is 0 Å². The number of ketones is 2. The average Bonchev–Trinajstić information content (AvgIpc) is 2.75. The highest BCUT2D eigenvalue weighted by Gasteiger charge is 2.13. The van der Waals surface area contributed by atoms with Gasteiger partial charge in [0.1, 0.15) is 0 Å². The van der Waals surface area contributed by atoms with Crippen LogP contribution in [0.5, 0.6) is 0 Å². The molecule has 0 atom stereocenters. The summed E-state index contributed by atoms with van der Waals surface area (Å²) >= 11 is 0. The maximum atomic E-state index is 12.5. The lowest BCUT2D eigenvalue weighted by atomic mass is 9.98. The first-order valence-corrected chi connectivity index (χ1v) is 11.4. The second-order valence-corrected chi connectivity index (χ2v) is 8.04. The Morgan fingerprint density at radius 1 is 0.552 bits per heavy atom. The molecule has 0 saturated carbocycles. The highest BCUT2D eigenvalue weighted by Crippen LogP contribution is 2.14. The summed E-state index contributed by atoms with van der Waals surface area (Å²) in [6, 6.07) is 15.5. The fourth-order valence-electron chi connectivity index (χ4n) is 3.55. The predicted molar refractivity (Wildman–Crippen MR) is 122 cm³/mol. The van der Waals surface area contributed by atoms with Gasteiger partial charge in [-0.25, -0.2) is 0 Å². The Kier molecular flexibility index (Phi) is 10.4. The number of rotatable bonds is 14. The third-order valence-electron chi connectivity index (χ3n) is 5.51. The molecule has 0 saturated heterocycles. The molecule has 2 aromatic rings. The summed E-state index contributed by atoms with van der Waals surface area (Å²) in [7, 11) is 0. The van der Waals surface area contributed by atoms with Crippen LogP contribution in [0.1, 0.15) is 103 Å². The molecule has 0 N–H and O–H groups in total. The molecule has 2 aromatic carbocycles. The number of unbranched alkanes of at least 4 members (excludes halogenated alkanes) is 6. The van der Waals surface area contributed by atoms with Crippen molar-refractivity contribution in [3.05, 3.63) is 70.8 Å². The van der Waals surface area contributed by atoms with Gasteiger partial charge in [0.25, 0.3) is 0 Å². The Balaban J connectivity index is 1.80. The number of hydrogen-bond acceptors (Lipinski definition) is 2. The van der Waals surface area contributed by atoms with Gasteiger partial charge < -0.3 is 0 Å². The van der Waals surface area contributed by atoms with Crippen molar-refractivity contribution in [3.8, 4) is 0 Å². The molecule has 0 aliphatic rings. The van der Waals surface area contributed by atoms with E-state index in [9.17, 15) is 9.59 Å². The Morgan fingerprint density at radius 3 is 1.45 bits per heavy atom. The number of hydrogen-bond donors (Lipinski definition) is 0. The van der Waals surface area contributed by atoms with Gasteiger partial charge in [-0.1, -0.05) is 101 Å². The van der Waals surface area contributed by atoms with Gasteiger partial charge >= 0.3 is 0 Å². The molecule has 0 spiro atoms. The molecular formula is C27H36O2. The summed E-state index contributed by atoms with van der Waals surface area (Å²) in [5.41, 5.74) is 3.77. The van der Waals surface area contributed by atoms with Crippen molar-refractivity contribution in [1.82, 2.24) is 0 Å². The first-order valence-electron chi connectivity index (χ1n) is 11.4. The second-order valence-electron chi connectivity index (χ2n) is 8.04. The molecule has 156 valence electrons. The second kappa shape index (κ2) is 13.1. The van der Waals surface area contributed by atoms with Crippen molar-refractivity contribution in [3.63, 3.8) is 0 Å². The van der Waals surface area contributed by atoms with Gasteiger partial charge in [0.15, 0.2) is 11.6 Å². The smallest absolute Gasteiger partial charge is 0.170 e. The molecule has 0 heterocycles. The van der Waals surface area contributed by atoms with Gasteiger partial charge in [-0.3, -0.25) is 9.59 Å². The van der Waals surface area contributed by atoms with E-state index in [2.05, 4.69) is 13.8 Å². The van der Waals surface area contributed by atoms with Crippen molar-refractivity contribution in [2.45, 2.75) is 84.5 Å². The Bertz CT molecular complexity index is 741. The van der Waals surface area contributed by atoms with Gasteiger partial charge in [-0.05, 0) is 36.8 Å². The molecule has 29 heavy (non-hydrogen) atoms. The van der Waals surface area contributed by atoms with E-state index in [1.807, 2.05) is 48.5 Å². The molecule has 2 heteroatoms. The molecule has 0 aliphatic carbocycles. The minimum Gasteiger partial charge on any atom is -0.294 e. The zero-order chi connectivity index (χ0) is 20.9. The van der Waals surface area contributed by atoms with E-state index in [-0.39, 0.29) is 18.0 Å². The van der Waals surface area contributed by atoms with Gasteiger partial charge in [-0.15, -0.1) is 0 Å². The summed E-state index contributed by atoms with van der Waals surface area (Å²) in [6.07, 6.45) is 12.1. The van der Waals surface area contributed by atoms with Crippen LogP contribution in [0.3, 0.4) is 0 Å². The molecule has 0 bridgehead atoms. The Labute approximate surface area is 176 Å². The van der Waals surface area contributed by atoms with Crippen LogP contribution in [-0.2, 0) is 12.8 Å². The SMILES string of the molecule is CCCCCCCCc1ccc(C(=O)CC(=O)c2ccc(CCCC)cc2)cc1. The van der Waals surface area contributed by atoms with Crippen LogP contribution in [0, 0.1) is 0 Å². The summed E-state index contributed by atoms with van der Waals surface area (Å²) < 4.78 is 0. The van der Waals surface area contributed by atoms with Crippen LogP contribution in [0.2, 0.25) is 0 Å². The van der Waals surface area contributed by atoms with Crippen LogP contribution < -0.4 is 0 Å². The highest BCUT2D eigenvalue weighted by molar-refractivity contribution is 6.13. The number of Topliss-reactive ketones (excluding diaryl/α,β-unsaturated/α-hetero) is 2. The fourth-order valence-corrected chi connectivity index (χ4v) is 3.55. The first-order chi connectivity index (χ1) is 14.1. The molecule has 2 nitrogen and oxygen atoms in total. The lowest BCUT2D eigenvalue weighted by Gasteiger charge is -2.05. The van der Waals surface area contributed by atoms with Crippen molar-refractivity contribution in [1.29, 1.82) is 0 Å². The van der Waals surface area contributed by atoms with E-state index in [1.54, 1.807) is 0 Å². The quantitative estimate of drug-likeness (QED) is 0.191. The van der Waals surface area contributed by atoms with E-state index in [1.165, 1.54) is 49.7 Å². The summed E-state index contributed by atoms with van der Waals surface area (Å²) in [5, 5.41) is 0. The minimum atomic E-state index is -0.104. The maximum Gasteiger partial charge on any atom is 0.170 e. The maximum absolute atomic E-state index is 12.5. The van der Waals surface area contributed by atoms with Gasteiger partial charge in [0, 0.05) is 11.1 Å². The molecule has 0 aromatic heterocycles.